The Kier molecular flexibility index (Phi) is 5.16. The highest BCUT2D eigenvalue weighted by atomic mass is 16.4. The number of rotatable bonds is 6. The topological polar surface area (TPSA) is 49.3 Å². The van der Waals surface area contributed by atoms with E-state index < -0.39 is 5.97 Å². The van der Waals surface area contributed by atoms with Crippen molar-refractivity contribution in [3.63, 3.8) is 0 Å². The maximum atomic E-state index is 10.8. The van der Waals surface area contributed by atoms with Crippen molar-refractivity contribution in [3.05, 3.63) is 35.4 Å². The number of carbonyl (C=O) groups is 1. The summed E-state index contributed by atoms with van der Waals surface area (Å²) >= 11 is 0. The monoisotopic (exact) mass is 235 g/mol. The van der Waals surface area contributed by atoms with E-state index in [1.807, 2.05) is 20.8 Å². The third-order valence-corrected chi connectivity index (χ3v) is 2.59. The molecule has 0 aliphatic heterocycles. The van der Waals surface area contributed by atoms with Crippen molar-refractivity contribution in [3.8, 4) is 0 Å². The molecule has 0 aliphatic carbocycles. The molecule has 1 aromatic rings. The first-order chi connectivity index (χ1) is 7.97. The van der Waals surface area contributed by atoms with Crippen molar-refractivity contribution in [1.29, 1.82) is 0 Å². The van der Waals surface area contributed by atoms with E-state index in [0.717, 1.165) is 6.42 Å². The summed E-state index contributed by atoms with van der Waals surface area (Å²) in [5.41, 5.74) is 2.40. The largest absolute Gasteiger partial charge is 0.481 e. The molecule has 2 N–H and O–H groups in total. The number of hydrogen-bond donors (Lipinski definition) is 2. The average Bonchev–Trinajstić information content (AvgIpc) is 2.19. The zero-order valence-electron chi connectivity index (χ0n) is 10.7. The van der Waals surface area contributed by atoms with E-state index in [4.69, 9.17) is 5.11 Å². The zero-order chi connectivity index (χ0) is 12.8. The number of aliphatic carboxylic acids is 1. The van der Waals surface area contributed by atoms with Gasteiger partial charge >= 0.3 is 5.97 Å². The third-order valence-electron chi connectivity index (χ3n) is 2.59. The molecular weight excluding hydrogens is 214 g/mol. The van der Waals surface area contributed by atoms with Gasteiger partial charge in [-0.1, -0.05) is 43.7 Å². The Morgan fingerprint density at radius 3 is 2.35 bits per heavy atom. The molecule has 0 bridgehead atoms. The van der Waals surface area contributed by atoms with Crippen molar-refractivity contribution in [2.24, 2.45) is 0 Å². The summed E-state index contributed by atoms with van der Waals surface area (Å²) < 4.78 is 0. The van der Waals surface area contributed by atoms with Gasteiger partial charge in [-0.3, -0.25) is 4.79 Å². The van der Waals surface area contributed by atoms with Crippen LogP contribution in [0, 0.1) is 6.92 Å². The normalized spacial score (nSPS) is 12.7. The summed E-state index contributed by atoms with van der Waals surface area (Å²) in [4.78, 5) is 10.8. The molecule has 1 atom stereocenters. The maximum Gasteiger partial charge on any atom is 0.304 e. The first-order valence-electron chi connectivity index (χ1n) is 6.00. The van der Waals surface area contributed by atoms with Crippen molar-refractivity contribution >= 4 is 5.97 Å². The zero-order valence-corrected chi connectivity index (χ0v) is 10.7. The van der Waals surface area contributed by atoms with Crippen LogP contribution in [0.5, 0.6) is 0 Å². The molecular formula is C14H21NO2. The quantitative estimate of drug-likeness (QED) is 0.796. The summed E-state index contributed by atoms with van der Waals surface area (Å²) in [7, 11) is 0. The van der Waals surface area contributed by atoms with E-state index in [0.29, 0.717) is 6.04 Å². The fourth-order valence-electron chi connectivity index (χ4n) is 1.88. The lowest BCUT2D eigenvalue weighted by Crippen LogP contribution is -2.38. The molecule has 1 unspecified atom stereocenters. The van der Waals surface area contributed by atoms with Gasteiger partial charge in [0.2, 0.25) is 0 Å². The van der Waals surface area contributed by atoms with Crippen molar-refractivity contribution in [2.75, 3.05) is 0 Å². The Balaban J connectivity index is 2.64. The van der Waals surface area contributed by atoms with Crippen molar-refractivity contribution in [1.82, 2.24) is 5.32 Å². The van der Waals surface area contributed by atoms with Crippen LogP contribution in [0.2, 0.25) is 0 Å². The van der Waals surface area contributed by atoms with Gasteiger partial charge in [0.25, 0.3) is 0 Å². The summed E-state index contributed by atoms with van der Waals surface area (Å²) in [5, 5.41) is 12.2. The molecule has 0 spiro atoms. The van der Waals surface area contributed by atoms with E-state index in [1.54, 1.807) is 0 Å². The van der Waals surface area contributed by atoms with Crippen LogP contribution in [0.4, 0.5) is 0 Å². The van der Waals surface area contributed by atoms with E-state index in [-0.39, 0.29) is 12.5 Å². The molecule has 0 radical (unpaired) electrons. The average molecular weight is 235 g/mol. The van der Waals surface area contributed by atoms with E-state index in [9.17, 15) is 4.79 Å². The molecule has 3 nitrogen and oxygen atoms in total. The Hall–Kier alpha value is -1.35. The first kappa shape index (κ1) is 13.7. The third kappa shape index (κ3) is 5.50. The second-order valence-corrected chi connectivity index (χ2v) is 4.81. The molecule has 3 heteroatoms. The van der Waals surface area contributed by atoms with Crippen LogP contribution in [0.15, 0.2) is 24.3 Å². The molecule has 1 rings (SSSR count). The SMILES string of the molecule is Cc1ccc(CC(CC(=O)O)NC(C)C)cc1. The van der Waals surface area contributed by atoms with Crippen LogP contribution in [0.1, 0.15) is 31.4 Å². The van der Waals surface area contributed by atoms with Gasteiger partial charge in [0.1, 0.15) is 0 Å². The highest BCUT2D eigenvalue weighted by Crippen LogP contribution is 2.08. The van der Waals surface area contributed by atoms with Gasteiger partial charge in [-0.15, -0.1) is 0 Å². The predicted molar refractivity (Wildman–Crippen MR) is 69.2 cm³/mol. The van der Waals surface area contributed by atoms with Gasteiger partial charge < -0.3 is 10.4 Å². The number of aryl methyl sites for hydroxylation is 1. The molecule has 17 heavy (non-hydrogen) atoms. The van der Waals surface area contributed by atoms with E-state index in [2.05, 4.69) is 29.6 Å². The Labute approximate surface area is 103 Å². The minimum Gasteiger partial charge on any atom is -0.481 e. The summed E-state index contributed by atoms with van der Waals surface area (Å²) in [6.45, 7) is 6.11. The van der Waals surface area contributed by atoms with Crippen molar-refractivity contribution in [2.45, 2.75) is 45.7 Å². The van der Waals surface area contributed by atoms with Crippen LogP contribution in [0.25, 0.3) is 0 Å². The molecule has 0 aliphatic rings. The molecule has 1 aromatic carbocycles. The van der Waals surface area contributed by atoms with Crippen LogP contribution in [-0.2, 0) is 11.2 Å². The minimum atomic E-state index is -0.754. The highest BCUT2D eigenvalue weighted by Gasteiger charge is 2.14. The van der Waals surface area contributed by atoms with Gasteiger partial charge in [0.05, 0.1) is 6.42 Å². The molecule has 0 heterocycles. The van der Waals surface area contributed by atoms with Crippen LogP contribution in [0.3, 0.4) is 0 Å². The fraction of sp³-hybridized carbons (Fsp3) is 0.500. The standard InChI is InChI=1S/C14H21NO2/c1-10(2)15-13(9-14(16)17)8-12-6-4-11(3)5-7-12/h4-7,10,13,15H,8-9H2,1-3H3,(H,16,17). The van der Waals surface area contributed by atoms with Crippen LogP contribution in [-0.4, -0.2) is 23.2 Å². The summed E-state index contributed by atoms with van der Waals surface area (Å²) in [6, 6.07) is 8.53. The lowest BCUT2D eigenvalue weighted by atomic mass is 10.0. The second kappa shape index (κ2) is 6.40. The number of nitrogens with one attached hydrogen (secondary N) is 1. The maximum absolute atomic E-state index is 10.8. The first-order valence-corrected chi connectivity index (χ1v) is 6.00. The Morgan fingerprint density at radius 1 is 1.29 bits per heavy atom. The van der Waals surface area contributed by atoms with Gasteiger partial charge in [-0.25, -0.2) is 0 Å². The van der Waals surface area contributed by atoms with Crippen molar-refractivity contribution < 1.29 is 9.90 Å². The number of benzene rings is 1. The number of carboxylic acids is 1. The van der Waals surface area contributed by atoms with E-state index >= 15 is 0 Å². The van der Waals surface area contributed by atoms with Gasteiger partial charge in [-0.05, 0) is 18.9 Å². The summed E-state index contributed by atoms with van der Waals surface area (Å²) in [6.07, 6.45) is 0.914. The molecule has 0 saturated heterocycles. The molecule has 94 valence electrons. The number of carboxylic acid groups (broad SMARTS) is 1. The van der Waals surface area contributed by atoms with Gasteiger partial charge in [0, 0.05) is 12.1 Å². The van der Waals surface area contributed by atoms with Gasteiger partial charge in [-0.2, -0.15) is 0 Å². The van der Waals surface area contributed by atoms with Gasteiger partial charge in [0.15, 0.2) is 0 Å². The van der Waals surface area contributed by atoms with E-state index in [1.165, 1.54) is 11.1 Å². The molecule has 0 fully saturated rings. The molecule has 0 saturated carbocycles. The van der Waals surface area contributed by atoms with Crippen LogP contribution >= 0.6 is 0 Å². The Morgan fingerprint density at radius 2 is 1.88 bits per heavy atom. The molecule has 0 amide bonds. The molecule has 0 aromatic heterocycles. The Bertz CT molecular complexity index is 357. The second-order valence-electron chi connectivity index (χ2n) is 4.81. The van der Waals surface area contributed by atoms with Crippen LogP contribution < -0.4 is 5.32 Å². The number of hydrogen-bond acceptors (Lipinski definition) is 2. The lowest BCUT2D eigenvalue weighted by Gasteiger charge is -2.19. The fourth-order valence-corrected chi connectivity index (χ4v) is 1.88. The highest BCUT2D eigenvalue weighted by molar-refractivity contribution is 5.67. The minimum absolute atomic E-state index is 0.00444. The predicted octanol–water partition coefficient (Wildman–Crippen LogP) is 2.38. The smallest absolute Gasteiger partial charge is 0.304 e. The lowest BCUT2D eigenvalue weighted by molar-refractivity contribution is -0.137. The summed E-state index contributed by atoms with van der Waals surface area (Å²) in [5.74, 6) is -0.754.